The number of nitrogens with zero attached hydrogens (tertiary/aromatic N) is 17. The van der Waals surface area contributed by atoms with Gasteiger partial charge in [0.05, 0.1) is 105 Å². The Morgan fingerprint density at radius 2 is 0.989 bits per heavy atom. The highest BCUT2D eigenvalue weighted by molar-refractivity contribution is 14.1. The maximum atomic E-state index is 5.84. The third kappa shape index (κ3) is 14.8. The average Bonchev–Trinajstić information content (AvgIpc) is 2.63. The molecule has 2 aliphatic rings. The normalized spacial score (nSPS) is 13.9. The van der Waals surface area contributed by atoms with Gasteiger partial charge in [-0.05, 0) is 149 Å². The van der Waals surface area contributed by atoms with Crippen molar-refractivity contribution in [3.8, 4) is 46.0 Å². The Morgan fingerprint density at radius 3 is 1.47 bits per heavy atom. The van der Waals surface area contributed by atoms with Crippen molar-refractivity contribution in [3.05, 3.63) is 119 Å². The molecule has 1 saturated heterocycles. The molecule has 27 heteroatoms. The maximum Gasteiger partial charge on any atom is 0.498 e. The van der Waals surface area contributed by atoms with E-state index in [9.17, 15) is 0 Å². The minimum atomic E-state index is -0.307. The topological polar surface area (TPSA) is 266 Å². The SMILES string of the molecule is CC(C)Oc1nccc2c1c(-c1cn[nH]c1)nn2C.CC(C)Oc1nccc2c1c(I)nn2C.CC1(C)OB(c2cn[nH]c2)OC1(C)C.CCn1cc(-c2nn(C)c3ccnc(OC(C)C)c23)cn1.CCn1cc(C2=NCc3ccnc(OC(C)C)c32)cn1. The summed E-state index contributed by atoms with van der Waals surface area (Å²) < 4.78 is 45.0. The van der Waals surface area contributed by atoms with E-state index in [1.54, 1.807) is 43.4 Å². The van der Waals surface area contributed by atoms with Gasteiger partial charge in [0.25, 0.3) is 0 Å². The molecular weight excluding hydrogens is 1240 g/mol. The molecule has 0 atom stereocenters. The fourth-order valence-corrected chi connectivity index (χ4v) is 10.4. The minimum absolute atomic E-state index is 0.0644. The van der Waals surface area contributed by atoms with Crippen LogP contribution < -0.4 is 24.4 Å². The Kier molecular flexibility index (Phi) is 20.3. The number of halogens is 1. The van der Waals surface area contributed by atoms with Crippen LogP contribution in [-0.4, -0.2) is 138 Å². The summed E-state index contributed by atoms with van der Waals surface area (Å²) in [5.74, 6) is 2.56. The van der Waals surface area contributed by atoms with Crippen molar-refractivity contribution in [2.75, 3.05) is 0 Å². The lowest BCUT2D eigenvalue weighted by molar-refractivity contribution is 0.00578. The van der Waals surface area contributed by atoms with Crippen molar-refractivity contribution in [3.63, 3.8) is 0 Å². The number of H-pyrrole nitrogens is 2. The summed E-state index contributed by atoms with van der Waals surface area (Å²) in [5, 5.41) is 38.4. The van der Waals surface area contributed by atoms with Crippen molar-refractivity contribution >= 4 is 73.6 Å². The number of aromatic amines is 2. The lowest BCUT2D eigenvalue weighted by Crippen LogP contribution is -2.41. The van der Waals surface area contributed by atoms with Crippen molar-refractivity contribution in [1.82, 2.24) is 89.2 Å². The molecule has 0 aliphatic carbocycles. The number of nitrogens with one attached hydrogen (secondary N) is 2. The largest absolute Gasteiger partial charge is 0.498 e. The summed E-state index contributed by atoms with van der Waals surface area (Å²) >= 11 is 2.20. The fraction of sp³-hybridized carbons (Fsp3) is 0.419. The van der Waals surface area contributed by atoms with Gasteiger partial charge in [0.15, 0.2) is 0 Å². The highest BCUT2D eigenvalue weighted by Crippen LogP contribution is 2.38. The molecule has 1 fully saturated rings. The van der Waals surface area contributed by atoms with E-state index in [0.29, 0.717) is 30.1 Å². The third-order valence-corrected chi connectivity index (χ3v) is 15.2. The van der Waals surface area contributed by atoms with E-state index in [0.717, 1.165) is 99.9 Å². The van der Waals surface area contributed by atoms with E-state index in [1.165, 1.54) is 0 Å². The van der Waals surface area contributed by atoms with Gasteiger partial charge in [-0.3, -0.25) is 38.6 Å². The summed E-state index contributed by atoms with van der Waals surface area (Å²) in [4.78, 5) is 21.9. The van der Waals surface area contributed by atoms with Crippen LogP contribution in [0.3, 0.4) is 0 Å². The molecule has 11 aromatic heterocycles. The van der Waals surface area contributed by atoms with E-state index in [2.05, 4.69) is 107 Å². The molecule has 0 saturated carbocycles. The highest BCUT2D eigenvalue weighted by Gasteiger charge is 2.52. The van der Waals surface area contributed by atoms with E-state index in [1.807, 2.05) is 183 Å². The second-order valence-corrected chi connectivity index (χ2v) is 24.2. The molecular formula is C62H79BIN19O6. The van der Waals surface area contributed by atoms with Gasteiger partial charge in [0.1, 0.15) is 15.1 Å². The number of aromatic nitrogens is 18. The van der Waals surface area contributed by atoms with Gasteiger partial charge >= 0.3 is 7.12 Å². The molecule has 0 amide bonds. The Hall–Kier alpha value is -8.57. The zero-order chi connectivity index (χ0) is 63.9. The van der Waals surface area contributed by atoms with Crippen LogP contribution in [-0.2, 0) is 50.1 Å². The number of hydrogen-bond donors (Lipinski definition) is 2. The summed E-state index contributed by atoms with van der Waals surface area (Å²) in [6, 6.07) is 7.82. The molecule has 13 rings (SSSR count). The summed E-state index contributed by atoms with van der Waals surface area (Å²) in [6.07, 6.45) is 22.1. The van der Waals surface area contributed by atoms with Gasteiger partial charge in [-0.1, -0.05) is 0 Å². The van der Waals surface area contributed by atoms with E-state index in [-0.39, 0.29) is 42.7 Å². The predicted molar refractivity (Wildman–Crippen MR) is 352 cm³/mol. The van der Waals surface area contributed by atoms with E-state index >= 15 is 0 Å². The molecule has 0 bridgehead atoms. The zero-order valence-electron chi connectivity index (χ0n) is 53.7. The Labute approximate surface area is 531 Å². The number of rotatable bonds is 14. The van der Waals surface area contributed by atoms with Crippen molar-refractivity contribution in [2.45, 2.75) is 152 Å². The molecule has 25 nitrogen and oxygen atoms in total. The number of aryl methyl sites for hydroxylation is 5. The highest BCUT2D eigenvalue weighted by atomic mass is 127. The molecule has 0 radical (unpaired) electrons. The summed E-state index contributed by atoms with van der Waals surface area (Å²) in [5.41, 5.74) is 11.1. The van der Waals surface area contributed by atoms with Crippen LogP contribution in [0, 0.1) is 3.70 Å². The Bertz CT molecular complexity index is 4140. The number of ether oxygens (including phenoxy) is 4. The predicted octanol–water partition coefficient (Wildman–Crippen LogP) is 10.3. The first-order chi connectivity index (χ1) is 42.5. The molecule has 0 unspecified atom stereocenters. The van der Waals surface area contributed by atoms with Gasteiger partial charge in [-0.2, -0.15) is 35.7 Å². The molecule has 89 heavy (non-hydrogen) atoms. The van der Waals surface area contributed by atoms with Crippen LogP contribution in [0.5, 0.6) is 23.5 Å². The average molecular weight is 1320 g/mol. The fourth-order valence-electron chi connectivity index (χ4n) is 9.56. The number of pyridine rings is 4. The van der Waals surface area contributed by atoms with E-state index in [4.69, 9.17) is 28.3 Å². The zero-order valence-corrected chi connectivity index (χ0v) is 55.8. The van der Waals surface area contributed by atoms with Crippen LogP contribution >= 0.6 is 22.6 Å². The van der Waals surface area contributed by atoms with Crippen molar-refractivity contribution in [1.29, 1.82) is 0 Å². The second-order valence-electron chi connectivity index (χ2n) is 23.1. The third-order valence-electron chi connectivity index (χ3n) is 14.5. The first-order valence-corrected chi connectivity index (χ1v) is 30.7. The lowest BCUT2D eigenvalue weighted by atomic mass is 9.82. The molecule has 2 N–H and O–H groups in total. The van der Waals surface area contributed by atoms with Crippen LogP contribution in [0.4, 0.5) is 0 Å². The lowest BCUT2D eigenvalue weighted by Gasteiger charge is -2.32. The van der Waals surface area contributed by atoms with Crippen LogP contribution in [0.2, 0.25) is 0 Å². The van der Waals surface area contributed by atoms with Gasteiger partial charge in [0, 0.05) is 112 Å². The van der Waals surface area contributed by atoms with Gasteiger partial charge in [0.2, 0.25) is 23.5 Å². The quantitative estimate of drug-likeness (QED) is 0.0757. The van der Waals surface area contributed by atoms with Crippen molar-refractivity contribution in [2.24, 2.45) is 26.1 Å². The minimum Gasteiger partial charge on any atom is -0.474 e. The molecule has 468 valence electrons. The second kappa shape index (κ2) is 27.9. The number of hydrogen-bond acceptors (Lipinski definition) is 18. The summed E-state index contributed by atoms with van der Waals surface area (Å²) in [6.45, 7) is 30.6. The number of aliphatic imine (C=N–C) groups is 1. The molecule has 13 heterocycles. The Balaban J connectivity index is 0.000000133. The first-order valence-electron chi connectivity index (χ1n) is 29.7. The smallest absolute Gasteiger partial charge is 0.474 e. The van der Waals surface area contributed by atoms with Gasteiger partial charge in [-0.25, -0.2) is 19.9 Å². The van der Waals surface area contributed by atoms with E-state index < -0.39 is 0 Å². The van der Waals surface area contributed by atoms with Gasteiger partial charge < -0.3 is 28.3 Å². The first kappa shape index (κ1) is 64.9. The van der Waals surface area contributed by atoms with Crippen LogP contribution in [0.1, 0.15) is 114 Å². The molecule has 2 aliphatic heterocycles. The number of fused-ring (bicyclic) bond motifs is 4. The Morgan fingerprint density at radius 1 is 0.551 bits per heavy atom. The van der Waals surface area contributed by atoms with Crippen LogP contribution in [0.25, 0.3) is 55.2 Å². The maximum absolute atomic E-state index is 5.84. The monoisotopic (exact) mass is 1320 g/mol. The standard InChI is InChI=1S/C15H19N5O.C15H18N4O.C13H15N5O.C10H12IN3O.C9H15BN2O2/c1-5-20-9-11(8-17-20)14-13-12(19(4)18-14)6-7-16-15(13)21-10(2)3;1-4-19-9-12(8-18-19)14-13-11(7-17-14)5-6-16-15(13)20-10(2)3;1-8(2)19-13-11-10(4-5-14-13)18(3)17-12(11)9-6-15-16-7-9;1-6(2)15-10-8-7(4-5-12-10)14(3)13-9(8)11;1-8(2)9(3,4)14-10(13-8)7-5-11-12-6-7/h6-10H,5H2,1-4H3;5-6,8-10H,4,7H2,1-3H3;4-8H,1-3H3,(H,15,16);4-6H,1-3H3;5-6H,1-4H3,(H,11,12). The molecule has 11 aromatic rings. The van der Waals surface area contributed by atoms with Crippen molar-refractivity contribution < 1.29 is 28.3 Å². The molecule has 0 spiro atoms. The molecule has 0 aromatic carbocycles. The van der Waals surface area contributed by atoms with Gasteiger partial charge in [-0.15, -0.1) is 0 Å². The van der Waals surface area contributed by atoms with Crippen LogP contribution in [0.15, 0.2) is 104 Å². The summed E-state index contributed by atoms with van der Waals surface area (Å²) in [7, 11) is 5.45.